The molecule has 0 spiro atoms. The van der Waals surface area contributed by atoms with Crippen molar-refractivity contribution >= 4 is 11.4 Å². The number of nitrogens with zero attached hydrogens (tertiary/aromatic N) is 1. The van der Waals surface area contributed by atoms with Crippen LogP contribution in [-0.2, 0) is 4.74 Å². The lowest BCUT2D eigenvalue weighted by Crippen LogP contribution is -2.36. The molecule has 1 saturated heterocycles. The van der Waals surface area contributed by atoms with Crippen LogP contribution in [0.2, 0.25) is 0 Å². The molecule has 20 heavy (non-hydrogen) atoms. The number of hydrogen-bond acceptors (Lipinski definition) is 3. The number of rotatable bonds is 4. The second kappa shape index (κ2) is 6.49. The van der Waals surface area contributed by atoms with Crippen molar-refractivity contribution in [3.8, 4) is 0 Å². The lowest BCUT2D eigenvalue weighted by Gasteiger charge is -2.33. The van der Waals surface area contributed by atoms with Crippen molar-refractivity contribution in [1.29, 1.82) is 0 Å². The van der Waals surface area contributed by atoms with Crippen molar-refractivity contribution in [3.63, 3.8) is 0 Å². The largest absolute Gasteiger partial charge is 0.382 e. The molecule has 1 heterocycles. The van der Waals surface area contributed by atoms with Gasteiger partial charge in [0, 0.05) is 38.1 Å². The van der Waals surface area contributed by atoms with E-state index in [0.29, 0.717) is 18.1 Å². The van der Waals surface area contributed by atoms with E-state index >= 15 is 0 Å². The van der Waals surface area contributed by atoms with Gasteiger partial charge in [0.05, 0.1) is 6.10 Å². The Balaban J connectivity index is 2.02. The van der Waals surface area contributed by atoms with Crippen LogP contribution in [0.15, 0.2) is 18.2 Å². The van der Waals surface area contributed by atoms with Crippen LogP contribution in [0.3, 0.4) is 0 Å². The summed E-state index contributed by atoms with van der Waals surface area (Å²) in [5, 5.41) is 3.70. The first kappa shape index (κ1) is 15.2. The van der Waals surface area contributed by atoms with Gasteiger partial charge in [-0.1, -0.05) is 13.8 Å². The molecule has 0 aromatic heterocycles. The molecule has 0 aliphatic carbocycles. The van der Waals surface area contributed by atoms with E-state index in [0.717, 1.165) is 19.4 Å². The van der Waals surface area contributed by atoms with E-state index in [1.54, 1.807) is 0 Å². The molecule has 0 amide bonds. The van der Waals surface area contributed by atoms with Gasteiger partial charge in [-0.05, 0) is 49.4 Å². The van der Waals surface area contributed by atoms with E-state index in [4.69, 9.17) is 4.74 Å². The van der Waals surface area contributed by atoms with Crippen LogP contribution < -0.4 is 10.2 Å². The molecule has 1 aliphatic heterocycles. The lowest BCUT2D eigenvalue weighted by molar-refractivity contribution is -0.0160. The Hall–Kier alpha value is -1.22. The summed E-state index contributed by atoms with van der Waals surface area (Å²) in [7, 11) is 4.15. The molecule has 2 unspecified atom stereocenters. The fraction of sp³-hybridized carbons (Fsp3) is 0.647. The highest BCUT2D eigenvalue weighted by atomic mass is 16.5. The number of aryl methyl sites for hydroxylation is 1. The summed E-state index contributed by atoms with van der Waals surface area (Å²) >= 11 is 0. The number of ether oxygens (including phenoxy) is 1. The number of benzene rings is 1. The Morgan fingerprint density at radius 2 is 2.05 bits per heavy atom. The van der Waals surface area contributed by atoms with Crippen LogP contribution in [-0.4, -0.2) is 32.8 Å². The molecule has 3 nitrogen and oxygen atoms in total. The van der Waals surface area contributed by atoms with E-state index < -0.39 is 0 Å². The first-order valence-corrected chi connectivity index (χ1v) is 7.63. The maximum Gasteiger partial charge on any atom is 0.0617 e. The van der Waals surface area contributed by atoms with Gasteiger partial charge in [-0.25, -0.2) is 0 Å². The Morgan fingerprint density at radius 1 is 1.30 bits per heavy atom. The molecule has 1 fully saturated rings. The summed E-state index contributed by atoms with van der Waals surface area (Å²) in [4.78, 5) is 2.14. The third-order valence-corrected chi connectivity index (χ3v) is 4.14. The highest BCUT2D eigenvalue weighted by molar-refractivity contribution is 5.60. The lowest BCUT2D eigenvalue weighted by atomic mass is 9.95. The molecule has 0 radical (unpaired) electrons. The summed E-state index contributed by atoms with van der Waals surface area (Å²) in [5.74, 6) is 0.594. The molecule has 2 atom stereocenters. The van der Waals surface area contributed by atoms with Crippen molar-refractivity contribution in [1.82, 2.24) is 0 Å². The summed E-state index contributed by atoms with van der Waals surface area (Å²) < 4.78 is 5.84. The molecule has 2 rings (SSSR count). The minimum absolute atomic E-state index is 0.391. The van der Waals surface area contributed by atoms with Gasteiger partial charge in [-0.3, -0.25) is 0 Å². The first-order valence-electron chi connectivity index (χ1n) is 7.63. The second-order valence-corrected chi connectivity index (χ2v) is 6.41. The topological polar surface area (TPSA) is 24.5 Å². The number of anilines is 2. The molecule has 1 aromatic carbocycles. The van der Waals surface area contributed by atoms with E-state index in [2.05, 4.69) is 63.3 Å². The third-order valence-electron chi connectivity index (χ3n) is 4.14. The van der Waals surface area contributed by atoms with Crippen LogP contribution >= 0.6 is 0 Å². The maximum atomic E-state index is 5.84. The van der Waals surface area contributed by atoms with Gasteiger partial charge in [-0.2, -0.15) is 0 Å². The Kier molecular flexibility index (Phi) is 4.92. The van der Waals surface area contributed by atoms with Crippen LogP contribution in [0, 0.1) is 12.8 Å². The SMILES string of the molecule is Cc1cc(N(C)C)ccc1NC1CCOC(C(C)C)C1. The smallest absolute Gasteiger partial charge is 0.0617 e. The molecule has 3 heteroatoms. The standard InChI is InChI=1S/C17H28N2O/c1-12(2)17-11-14(8-9-20-17)18-16-7-6-15(19(4)5)10-13(16)3/h6-7,10,12,14,17-18H,8-9,11H2,1-5H3. The Bertz CT molecular complexity index is 443. The highest BCUT2D eigenvalue weighted by Gasteiger charge is 2.24. The van der Waals surface area contributed by atoms with Crippen LogP contribution in [0.5, 0.6) is 0 Å². The Morgan fingerprint density at radius 3 is 2.65 bits per heavy atom. The van der Waals surface area contributed by atoms with Crippen molar-refractivity contribution in [3.05, 3.63) is 23.8 Å². The minimum atomic E-state index is 0.391. The monoisotopic (exact) mass is 276 g/mol. The molecule has 1 aromatic rings. The molecule has 1 aliphatic rings. The number of hydrogen-bond donors (Lipinski definition) is 1. The van der Waals surface area contributed by atoms with Gasteiger partial charge < -0.3 is 15.0 Å². The van der Waals surface area contributed by atoms with E-state index in [-0.39, 0.29) is 0 Å². The highest BCUT2D eigenvalue weighted by Crippen LogP contribution is 2.26. The summed E-state index contributed by atoms with van der Waals surface area (Å²) in [6.45, 7) is 7.53. The Labute approximate surface area is 123 Å². The summed E-state index contributed by atoms with van der Waals surface area (Å²) in [5.41, 5.74) is 3.81. The number of nitrogens with one attached hydrogen (secondary N) is 1. The molecular weight excluding hydrogens is 248 g/mol. The van der Waals surface area contributed by atoms with Gasteiger partial charge in [-0.15, -0.1) is 0 Å². The zero-order valence-corrected chi connectivity index (χ0v) is 13.4. The fourth-order valence-electron chi connectivity index (χ4n) is 2.73. The molecular formula is C17H28N2O. The molecule has 0 bridgehead atoms. The van der Waals surface area contributed by atoms with Gasteiger partial charge in [0.1, 0.15) is 0 Å². The van der Waals surface area contributed by atoms with E-state index in [1.807, 2.05) is 0 Å². The molecule has 1 N–H and O–H groups in total. The second-order valence-electron chi connectivity index (χ2n) is 6.41. The van der Waals surface area contributed by atoms with Crippen molar-refractivity contribution in [2.24, 2.45) is 5.92 Å². The zero-order valence-electron chi connectivity index (χ0n) is 13.4. The van der Waals surface area contributed by atoms with Crippen LogP contribution in [0.4, 0.5) is 11.4 Å². The van der Waals surface area contributed by atoms with Gasteiger partial charge >= 0.3 is 0 Å². The summed E-state index contributed by atoms with van der Waals surface area (Å²) in [6.07, 6.45) is 2.59. The van der Waals surface area contributed by atoms with Crippen molar-refractivity contribution in [2.45, 2.75) is 45.8 Å². The predicted octanol–water partition coefficient (Wildman–Crippen LogP) is 3.68. The van der Waals surface area contributed by atoms with Crippen molar-refractivity contribution < 1.29 is 4.74 Å². The predicted molar refractivity (Wildman–Crippen MR) is 86.7 cm³/mol. The third kappa shape index (κ3) is 3.66. The van der Waals surface area contributed by atoms with E-state index in [9.17, 15) is 0 Å². The average molecular weight is 276 g/mol. The zero-order chi connectivity index (χ0) is 14.7. The van der Waals surface area contributed by atoms with Gasteiger partial charge in [0.15, 0.2) is 0 Å². The normalized spacial score (nSPS) is 22.9. The van der Waals surface area contributed by atoms with Gasteiger partial charge in [0.2, 0.25) is 0 Å². The first-order chi connectivity index (χ1) is 9.47. The quantitative estimate of drug-likeness (QED) is 0.908. The fourth-order valence-corrected chi connectivity index (χ4v) is 2.73. The minimum Gasteiger partial charge on any atom is -0.382 e. The molecule has 112 valence electrons. The van der Waals surface area contributed by atoms with Crippen LogP contribution in [0.25, 0.3) is 0 Å². The van der Waals surface area contributed by atoms with Crippen LogP contribution in [0.1, 0.15) is 32.3 Å². The maximum absolute atomic E-state index is 5.84. The molecule has 0 saturated carbocycles. The van der Waals surface area contributed by atoms with Crippen molar-refractivity contribution in [2.75, 3.05) is 30.9 Å². The van der Waals surface area contributed by atoms with E-state index in [1.165, 1.54) is 16.9 Å². The van der Waals surface area contributed by atoms with Gasteiger partial charge in [0.25, 0.3) is 0 Å². The average Bonchev–Trinajstić information content (AvgIpc) is 2.41. The summed E-state index contributed by atoms with van der Waals surface area (Å²) in [6, 6.07) is 7.14.